The smallest absolute Gasteiger partial charge is 0.138 e. The Morgan fingerprint density at radius 2 is 2.20 bits per heavy atom. The van der Waals surface area contributed by atoms with Crippen LogP contribution in [0.3, 0.4) is 0 Å². The van der Waals surface area contributed by atoms with Gasteiger partial charge >= 0.3 is 0 Å². The van der Waals surface area contributed by atoms with Gasteiger partial charge in [-0.25, -0.2) is 4.98 Å². The molecule has 0 aliphatic carbocycles. The molecule has 0 amide bonds. The van der Waals surface area contributed by atoms with Gasteiger partial charge in [-0.2, -0.15) is 0 Å². The van der Waals surface area contributed by atoms with E-state index < -0.39 is 0 Å². The van der Waals surface area contributed by atoms with Crippen LogP contribution in [0.2, 0.25) is 0 Å². The summed E-state index contributed by atoms with van der Waals surface area (Å²) >= 11 is 3.38. The molecule has 0 unspecified atom stereocenters. The zero-order chi connectivity index (χ0) is 10.7. The average molecular weight is 273 g/mol. The van der Waals surface area contributed by atoms with Crippen LogP contribution < -0.4 is 9.64 Å². The van der Waals surface area contributed by atoms with Crippen LogP contribution in [-0.2, 0) is 4.74 Å². The topological polar surface area (TPSA) is 34.6 Å². The molecule has 15 heavy (non-hydrogen) atoms. The lowest BCUT2D eigenvalue weighted by Gasteiger charge is -2.28. The normalized spacial score (nSPS) is 16.5. The maximum absolute atomic E-state index is 5.29. The third-order valence-corrected chi connectivity index (χ3v) is 2.96. The molecule has 82 valence electrons. The summed E-state index contributed by atoms with van der Waals surface area (Å²) in [5.74, 6) is 1.75. The molecule has 0 spiro atoms. The van der Waals surface area contributed by atoms with E-state index in [-0.39, 0.29) is 0 Å². The number of ether oxygens (including phenoxy) is 2. The average Bonchev–Trinajstić information content (AvgIpc) is 2.31. The fourth-order valence-electron chi connectivity index (χ4n) is 1.53. The van der Waals surface area contributed by atoms with Crippen LogP contribution in [0.25, 0.3) is 0 Å². The molecule has 1 aliphatic rings. The van der Waals surface area contributed by atoms with Gasteiger partial charge in [0.05, 0.1) is 24.8 Å². The number of hydrogen-bond donors (Lipinski definition) is 0. The second-order valence-electron chi connectivity index (χ2n) is 3.28. The third kappa shape index (κ3) is 2.41. The molecular formula is C10H13BrN2O2. The molecule has 0 atom stereocenters. The Labute approximate surface area is 97.3 Å². The number of nitrogens with zero attached hydrogens (tertiary/aromatic N) is 2. The van der Waals surface area contributed by atoms with E-state index in [9.17, 15) is 0 Å². The van der Waals surface area contributed by atoms with Crippen molar-refractivity contribution in [3.05, 3.63) is 16.7 Å². The van der Waals surface area contributed by atoms with E-state index in [1.165, 1.54) is 0 Å². The summed E-state index contributed by atoms with van der Waals surface area (Å²) in [7, 11) is 1.66. The van der Waals surface area contributed by atoms with Crippen LogP contribution in [0, 0.1) is 0 Å². The highest BCUT2D eigenvalue weighted by Gasteiger charge is 2.13. The molecule has 2 heterocycles. The van der Waals surface area contributed by atoms with Gasteiger partial charge in [0.1, 0.15) is 11.6 Å². The summed E-state index contributed by atoms with van der Waals surface area (Å²) in [4.78, 5) is 6.55. The van der Waals surface area contributed by atoms with Crippen LogP contribution in [0.1, 0.15) is 0 Å². The van der Waals surface area contributed by atoms with Crippen LogP contribution in [0.15, 0.2) is 16.7 Å². The molecule has 5 heteroatoms. The van der Waals surface area contributed by atoms with Crippen molar-refractivity contribution in [1.82, 2.24) is 4.98 Å². The van der Waals surface area contributed by atoms with E-state index in [4.69, 9.17) is 9.47 Å². The molecule has 0 bridgehead atoms. The van der Waals surface area contributed by atoms with Gasteiger partial charge in [-0.15, -0.1) is 0 Å². The van der Waals surface area contributed by atoms with Crippen molar-refractivity contribution >= 4 is 21.7 Å². The summed E-state index contributed by atoms with van der Waals surface area (Å²) in [5.41, 5.74) is 0. The van der Waals surface area contributed by atoms with Crippen LogP contribution in [0.5, 0.6) is 5.75 Å². The molecule has 1 aromatic rings. The fraction of sp³-hybridized carbons (Fsp3) is 0.500. The number of anilines is 1. The first-order chi connectivity index (χ1) is 7.31. The SMILES string of the molecule is COc1cc(N2CCOCC2)ncc1Br. The number of methoxy groups -OCH3 is 1. The van der Waals surface area contributed by atoms with Crippen molar-refractivity contribution in [3.63, 3.8) is 0 Å². The van der Waals surface area contributed by atoms with E-state index in [0.717, 1.165) is 42.3 Å². The van der Waals surface area contributed by atoms with Crippen LogP contribution in [0.4, 0.5) is 5.82 Å². The first-order valence-corrected chi connectivity index (χ1v) is 5.63. The highest BCUT2D eigenvalue weighted by atomic mass is 79.9. The number of hydrogen-bond acceptors (Lipinski definition) is 4. The third-order valence-electron chi connectivity index (χ3n) is 2.36. The standard InChI is InChI=1S/C10H13BrN2O2/c1-14-9-6-10(12-7-8(9)11)13-2-4-15-5-3-13/h6-7H,2-5H2,1H3. The van der Waals surface area contributed by atoms with E-state index >= 15 is 0 Å². The molecule has 1 saturated heterocycles. The van der Waals surface area contributed by atoms with Crippen LogP contribution >= 0.6 is 15.9 Å². The minimum Gasteiger partial charge on any atom is -0.495 e. The largest absolute Gasteiger partial charge is 0.495 e. The summed E-state index contributed by atoms with van der Waals surface area (Å²) in [6, 6.07) is 1.94. The van der Waals surface area contributed by atoms with E-state index in [0.29, 0.717) is 0 Å². The molecule has 0 saturated carbocycles. The minimum absolute atomic E-state index is 0.764. The Morgan fingerprint density at radius 1 is 1.47 bits per heavy atom. The number of halogens is 1. The number of aromatic nitrogens is 1. The van der Waals surface area contributed by atoms with Crippen molar-refractivity contribution in [2.45, 2.75) is 0 Å². The Morgan fingerprint density at radius 3 is 2.87 bits per heavy atom. The predicted octanol–water partition coefficient (Wildman–Crippen LogP) is 1.69. The predicted molar refractivity (Wildman–Crippen MR) is 61.5 cm³/mol. The molecule has 0 radical (unpaired) electrons. The Kier molecular flexibility index (Phi) is 3.43. The zero-order valence-electron chi connectivity index (χ0n) is 8.57. The second kappa shape index (κ2) is 4.81. The zero-order valence-corrected chi connectivity index (χ0v) is 10.2. The minimum atomic E-state index is 0.764. The molecule has 1 aliphatic heterocycles. The summed E-state index contributed by atoms with van der Waals surface area (Å²) < 4.78 is 11.4. The lowest BCUT2D eigenvalue weighted by Crippen LogP contribution is -2.36. The van der Waals surface area contributed by atoms with Gasteiger partial charge in [0.2, 0.25) is 0 Å². The molecular weight excluding hydrogens is 260 g/mol. The maximum Gasteiger partial charge on any atom is 0.138 e. The fourth-order valence-corrected chi connectivity index (χ4v) is 1.91. The quantitative estimate of drug-likeness (QED) is 0.821. The highest BCUT2D eigenvalue weighted by molar-refractivity contribution is 9.10. The van der Waals surface area contributed by atoms with Gasteiger partial charge in [0.15, 0.2) is 0 Å². The maximum atomic E-state index is 5.29. The van der Waals surface area contributed by atoms with Gasteiger partial charge in [-0.3, -0.25) is 0 Å². The number of rotatable bonds is 2. The molecule has 1 fully saturated rings. The van der Waals surface area contributed by atoms with Crippen molar-refractivity contribution in [3.8, 4) is 5.75 Å². The van der Waals surface area contributed by atoms with Crippen LogP contribution in [-0.4, -0.2) is 38.4 Å². The summed E-state index contributed by atoms with van der Waals surface area (Å²) in [6.07, 6.45) is 1.77. The second-order valence-corrected chi connectivity index (χ2v) is 4.13. The monoisotopic (exact) mass is 272 g/mol. The van der Waals surface area contributed by atoms with Gasteiger partial charge in [-0.1, -0.05) is 0 Å². The first kappa shape index (κ1) is 10.7. The van der Waals surface area contributed by atoms with Crippen molar-refractivity contribution in [2.24, 2.45) is 0 Å². The van der Waals surface area contributed by atoms with E-state index in [2.05, 4.69) is 25.8 Å². The Bertz CT molecular complexity index is 340. The van der Waals surface area contributed by atoms with Gasteiger partial charge in [0.25, 0.3) is 0 Å². The lowest BCUT2D eigenvalue weighted by molar-refractivity contribution is 0.122. The molecule has 4 nitrogen and oxygen atoms in total. The Hall–Kier alpha value is -0.810. The van der Waals surface area contributed by atoms with E-state index in [1.54, 1.807) is 13.3 Å². The molecule has 0 aromatic carbocycles. The van der Waals surface area contributed by atoms with E-state index in [1.807, 2.05) is 6.07 Å². The number of morpholine rings is 1. The highest BCUT2D eigenvalue weighted by Crippen LogP contribution is 2.27. The van der Waals surface area contributed by atoms with Crippen molar-refractivity contribution in [1.29, 1.82) is 0 Å². The summed E-state index contributed by atoms with van der Waals surface area (Å²) in [5, 5.41) is 0. The first-order valence-electron chi connectivity index (χ1n) is 4.83. The molecule has 0 N–H and O–H groups in total. The summed E-state index contributed by atoms with van der Waals surface area (Å²) in [6.45, 7) is 3.30. The van der Waals surface area contributed by atoms with Crippen molar-refractivity contribution < 1.29 is 9.47 Å². The van der Waals surface area contributed by atoms with Gasteiger partial charge in [0, 0.05) is 25.4 Å². The number of pyridine rings is 1. The molecule has 2 rings (SSSR count). The van der Waals surface area contributed by atoms with Crippen molar-refractivity contribution in [2.75, 3.05) is 38.3 Å². The molecule has 1 aromatic heterocycles. The van der Waals surface area contributed by atoms with Gasteiger partial charge in [-0.05, 0) is 15.9 Å². The van der Waals surface area contributed by atoms with Gasteiger partial charge < -0.3 is 14.4 Å². The lowest BCUT2D eigenvalue weighted by atomic mass is 10.3. The Balaban J connectivity index is 2.20.